The summed E-state index contributed by atoms with van der Waals surface area (Å²) in [5, 5.41) is 9.04. The van der Waals surface area contributed by atoms with Crippen LogP contribution < -0.4 is 10.6 Å². The number of rotatable bonds is 1. The van der Waals surface area contributed by atoms with Gasteiger partial charge < -0.3 is 10.6 Å². The molecule has 3 nitrogen and oxygen atoms in total. The molecule has 0 saturated carbocycles. The average molecular weight is 266 g/mol. The Morgan fingerprint density at radius 1 is 1.53 bits per heavy atom. The third-order valence-electron chi connectivity index (χ3n) is 2.64. The summed E-state index contributed by atoms with van der Waals surface area (Å²) in [7, 11) is 0. The van der Waals surface area contributed by atoms with Crippen molar-refractivity contribution in [2.24, 2.45) is 5.73 Å². The molecule has 1 aliphatic heterocycles. The van der Waals surface area contributed by atoms with Crippen molar-refractivity contribution in [1.82, 2.24) is 0 Å². The number of benzene rings is 1. The van der Waals surface area contributed by atoms with Crippen molar-refractivity contribution in [1.29, 1.82) is 5.26 Å². The van der Waals surface area contributed by atoms with Crippen LogP contribution >= 0.6 is 15.9 Å². The van der Waals surface area contributed by atoms with Crippen molar-refractivity contribution in [2.45, 2.75) is 12.5 Å². The van der Waals surface area contributed by atoms with Crippen molar-refractivity contribution in [3.63, 3.8) is 0 Å². The second-order valence-corrected chi connectivity index (χ2v) is 4.68. The van der Waals surface area contributed by atoms with Gasteiger partial charge in [-0.05, 0) is 24.6 Å². The first-order valence-electron chi connectivity index (χ1n) is 4.91. The van der Waals surface area contributed by atoms with Gasteiger partial charge in [0.2, 0.25) is 0 Å². The summed E-state index contributed by atoms with van der Waals surface area (Å²) in [5.74, 6) is 0. The number of hydrogen-bond donors (Lipinski definition) is 1. The molecule has 0 amide bonds. The summed E-state index contributed by atoms with van der Waals surface area (Å²) in [6.07, 6.45) is 1.00. The molecule has 0 radical (unpaired) electrons. The van der Waals surface area contributed by atoms with Gasteiger partial charge in [-0.3, -0.25) is 0 Å². The maximum atomic E-state index is 9.04. The number of anilines is 1. The van der Waals surface area contributed by atoms with Gasteiger partial charge in [0.25, 0.3) is 0 Å². The molecule has 0 unspecified atom stereocenters. The lowest BCUT2D eigenvalue weighted by molar-refractivity contribution is 0.752. The standard InChI is InChI=1S/C11H12BrN3/c12-9-1-2-11(8(5-9)6-13)15-4-3-10(14)7-15/h1-2,5,10H,3-4,7,14H2/t10-/m0/s1. The maximum Gasteiger partial charge on any atom is 0.101 e. The molecule has 4 heteroatoms. The molecule has 0 aromatic heterocycles. The predicted molar refractivity (Wildman–Crippen MR) is 63.7 cm³/mol. The van der Waals surface area contributed by atoms with E-state index in [9.17, 15) is 0 Å². The van der Waals surface area contributed by atoms with Crippen LogP contribution in [0.1, 0.15) is 12.0 Å². The zero-order valence-corrected chi connectivity index (χ0v) is 9.87. The van der Waals surface area contributed by atoms with E-state index in [4.69, 9.17) is 11.0 Å². The highest BCUT2D eigenvalue weighted by molar-refractivity contribution is 9.10. The van der Waals surface area contributed by atoms with Crippen molar-refractivity contribution in [2.75, 3.05) is 18.0 Å². The van der Waals surface area contributed by atoms with E-state index in [1.807, 2.05) is 18.2 Å². The first-order chi connectivity index (χ1) is 7.20. The molecule has 0 bridgehead atoms. The number of nitrogens with two attached hydrogens (primary N) is 1. The predicted octanol–water partition coefficient (Wildman–Crippen LogP) is 1.86. The minimum absolute atomic E-state index is 0.236. The van der Waals surface area contributed by atoms with Gasteiger partial charge in [-0.2, -0.15) is 5.26 Å². The van der Waals surface area contributed by atoms with Gasteiger partial charge in [0.15, 0.2) is 0 Å². The molecule has 2 N–H and O–H groups in total. The van der Waals surface area contributed by atoms with Gasteiger partial charge in [0.05, 0.1) is 11.3 Å². The van der Waals surface area contributed by atoms with E-state index in [0.29, 0.717) is 5.56 Å². The second kappa shape index (κ2) is 4.21. The molecule has 2 rings (SSSR count). The Kier molecular flexibility index (Phi) is 2.94. The first kappa shape index (κ1) is 10.5. The van der Waals surface area contributed by atoms with E-state index in [0.717, 1.165) is 29.7 Å². The molecule has 1 aromatic rings. The Hall–Kier alpha value is -1.05. The fraction of sp³-hybridized carbons (Fsp3) is 0.364. The van der Waals surface area contributed by atoms with Crippen molar-refractivity contribution in [3.8, 4) is 6.07 Å². The van der Waals surface area contributed by atoms with Crippen LogP contribution in [0, 0.1) is 11.3 Å². The van der Waals surface area contributed by atoms with Gasteiger partial charge in [0, 0.05) is 23.6 Å². The molecule has 0 spiro atoms. The van der Waals surface area contributed by atoms with E-state index in [-0.39, 0.29) is 6.04 Å². The van der Waals surface area contributed by atoms with Crippen molar-refractivity contribution in [3.05, 3.63) is 28.2 Å². The highest BCUT2D eigenvalue weighted by Crippen LogP contribution is 2.26. The van der Waals surface area contributed by atoms with Crippen molar-refractivity contribution < 1.29 is 0 Å². The summed E-state index contributed by atoms with van der Waals surface area (Å²) >= 11 is 3.36. The highest BCUT2D eigenvalue weighted by Gasteiger charge is 2.21. The second-order valence-electron chi connectivity index (χ2n) is 3.77. The molecule has 1 aliphatic rings. The topological polar surface area (TPSA) is 53.0 Å². The summed E-state index contributed by atoms with van der Waals surface area (Å²) in [6, 6.07) is 8.23. The van der Waals surface area contributed by atoms with Crippen molar-refractivity contribution >= 4 is 21.6 Å². The molecule has 15 heavy (non-hydrogen) atoms. The van der Waals surface area contributed by atoms with Gasteiger partial charge in [-0.1, -0.05) is 15.9 Å². The average Bonchev–Trinajstić information content (AvgIpc) is 2.64. The SMILES string of the molecule is N#Cc1cc(Br)ccc1N1CC[C@H](N)C1. The number of hydrogen-bond acceptors (Lipinski definition) is 3. The van der Waals surface area contributed by atoms with E-state index >= 15 is 0 Å². The van der Waals surface area contributed by atoms with Crippen LogP contribution in [0.5, 0.6) is 0 Å². The number of nitriles is 1. The molecule has 1 heterocycles. The van der Waals surface area contributed by atoms with Gasteiger partial charge >= 0.3 is 0 Å². The first-order valence-corrected chi connectivity index (χ1v) is 5.70. The zero-order chi connectivity index (χ0) is 10.8. The largest absolute Gasteiger partial charge is 0.369 e. The Morgan fingerprint density at radius 2 is 2.33 bits per heavy atom. The lowest BCUT2D eigenvalue weighted by atomic mass is 10.2. The molecule has 1 fully saturated rings. The molecule has 78 valence electrons. The minimum atomic E-state index is 0.236. The molecular weight excluding hydrogens is 254 g/mol. The lowest BCUT2D eigenvalue weighted by Crippen LogP contribution is -2.26. The normalized spacial score (nSPS) is 20.3. The van der Waals surface area contributed by atoms with E-state index < -0.39 is 0 Å². The Balaban J connectivity index is 2.32. The molecular formula is C11H12BrN3. The maximum absolute atomic E-state index is 9.04. The summed E-state index contributed by atoms with van der Waals surface area (Å²) in [5.41, 5.74) is 7.55. The fourth-order valence-electron chi connectivity index (χ4n) is 1.88. The van der Waals surface area contributed by atoms with Crippen LogP contribution in [0.3, 0.4) is 0 Å². The number of nitrogens with zero attached hydrogens (tertiary/aromatic N) is 2. The van der Waals surface area contributed by atoms with Gasteiger partial charge in [-0.25, -0.2) is 0 Å². The molecule has 1 aromatic carbocycles. The van der Waals surface area contributed by atoms with Crippen LogP contribution in [-0.4, -0.2) is 19.1 Å². The van der Waals surface area contributed by atoms with E-state index in [2.05, 4.69) is 26.9 Å². The Bertz CT molecular complexity index is 411. The summed E-state index contributed by atoms with van der Waals surface area (Å²) < 4.78 is 0.936. The van der Waals surface area contributed by atoms with Crippen LogP contribution in [0.15, 0.2) is 22.7 Å². The highest BCUT2D eigenvalue weighted by atomic mass is 79.9. The minimum Gasteiger partial charge on any atom is -0.369 e. The van der Waals surface area contributed by atoms with Gasteiger partial charge in [0.1, 0.15) is 6.07 Å². The monoisotopic (exact) mass is 265 g/mol. The fourth-order valence-corrected chi connectivity index (χ4v) is 2.24. The van der Waals surface area contributed by atoms with Crippen LogP contribution in [-0.2, 0) is 0 Å². The quantitative estimate of drug-likeness (QED) is 0.844. The van der Waals surface area contributed by atoms with Crippen LogP contribution in [0.4, 0.5) is 5.69 Å². The third kappa shape index (κ3) is 2.14. The smallest absolute Gasteiger partial charge is 0.101 e. The van der Waals surface area contributed by atoms with Gasteiger partial charge in [-0.15, -0.1) is 0 Å². The third-order valence-corrected chi connectivity index (χ3v) is 3.14. The van der Waals surface area contributed by atoms with E-state index in [1.165, 1.54) is 0 Å². The zero-order valence-electron chi connectivity index (χ0n) is 8.28. The number of halogens is 1. The van der Waals surface area contributed by atoms with E-state index in [1.54, 1.807) is 0 Å². The van der Waals surface area contributed by atoms with Crippen LogP contribution in [0.2, 0.25) is 0 Å². The molecule has 1 saturated heterocycles. The molecule has 1 atom stereocenters. The summed E-state index contributed by atoms with van der Waals surface area (Å²) in [4.78, 5) is 2.18. The summed E-state index contributed by atoms with van der Waals surface area (Å²) in [6.45, 7) is 1.79. The lowest BCUT2D eigenvalue weighted by Gasteiger charge is -2.19. The Morgan fingerprint density at radius 3 is 2.93 bits per heavy atom. The molecule has 0 aliphatic carbocycles. The van der Waals surface area contributed by atoms with Crippen LogP contribution in [0.25, 0.3) is 0 Å². The Labute approximate surface area is 97.6 Å².